The van der Waals surface area contributed by atoms with E-state index in [4.69, 9.17) is 0 Å². The number of aromatic nitrogens is 6. The van der Waals surface area contributed by atoms with Gasteiger partial charge in [0, 0.05) is 30.5 Å². The van der Waals surface area contributed by atoms with Gasteiger partial charge in [0.05, 0.1) is 23.6 Å². The van der Waals surface area contributed by atoms with Crippen molar-refractivity contribution in [1.82, 2.24) is 29.1 Å². The molecule has 132 valence electrons. The quantitative estimate of drug-likeness (QED) is 0.655. The Labute approximate surface area is 154 Å². The number of aryl methyl sites for hydroxylation is 2. The topological polar surface area (TPSA) is 70.5 Å². The molecule has 3 heterocycles. The van der Waals surface area contributed by atoms with E-state index in [0.29, 0.717) is 24.7 Å². The molecule has 0 atom stereocenters. The lowest BCUT2D eigenvalue weighted by Gasteiger charge is -2.07. The number of rotatable bonds is 5. The fourth-order valence-electron chi connectivity index (χ4n) is 2.70. The molecule has 0 aromatic carbocycles. The monoisotopic (exact) mass is 404 g/mol. The smallest absolute Gasteiger partial charge is 0.299 e. The Morgan fingerprint density at radius 1 is 1.20 bits per heavy atom. The lowest BCUT2D eigenvalue weighted by molar-refractivity contribution is 0.502. The van der Waals surface area contributed by atoms with Gasteiger partial charge in [-0.1, -0.05) is 19.1 Å². The molecule has 0 unspecified atom stereocenters. The molecule has 3 aromatic heterocycles. The Balaban J connectivity index is 1.97. The molecule has 3 aromatic rings. The highest BCUT2D eigenvalue weighted by Gasteiger charge is 2.17. The van der Waals surface area contributed by atoms with Gasteiger partial charge in [0.25, 0.3) is 0 Å². The summed E-state index contributed by atoms with van der Waals surface area (Å²) in [6, 6.07) is 3.85. The summed E-state index contributed by atoms with van der Waals surface area (Å²) in [5.41, 5.74) is 3.15. The molecule has 25 heavy (non-hydrogen) atoms. The summed E-state index contributed by atoms with van der Waals surface area (Å²) in [4.78, 5) is 17.1. The van der Waals surface area contributed by atoms with Gasteiger partial charge in [-0.2, -0.15) is 0 Å². The van der Waals surface area contributed by atoms with E-state index in [0.717, 1.165) is 21.6 Å². The Hall–Kier alpha value is -2.22. The fraction of sp³-hybridized carbons (Fsp3) is 0.412. The lowest BCUT2D eigenvalue weighted by Crippen LogP contribution is -2.26. The van der Waals surface area contributed by atoms with Crippen LogP contribution in [0.1, 0.15) is 25.2 Å². The Bertz CT molecular complexity index is 952. The third-order valence-corrected chi connectivity index (χ3v) is 4.84. The molecule has 0 saturated heterocycles. The van der Waals surface area contributed by atoms with Gasteiger partial charge in [0.2, 0.25) is 0 Å². The number of pyridine rings is 1. The Kier molecular flexibility index (Phi) is 4.89. The van der Waals surface area contributed by atoms with E-state index in [1.807, 2.05) is 38.5 Å². The summed E-state index contributed by atoms with van der Waals surface area (Å²) in [6.45, 7) is 7.22. The third-order valence-electron chi connectivity index (χ3n) is 4.01. The minimum Gasteiger partial charge on any atom is -0.299 e. The van der Waals surface area contributed by atoms with Crippen molar-refractivity contribution in [1.29, 1.82) is 0 Å². The second-order valence-electron chi connectivity index (χ2n) is 6.53. The van der Waals surface area contributed by atoms with Crippen LogP contribution >= 0.6 is 15.9 Å². The molecule has 3 rings (SSSR count). The fourth-order valence-corrected chi connectivity index (χ4v) is 2.92. The lowest BCUT2D eigenvalue weighted by atomic mass is 10.2. The average molecular weight is 405 g/mol. The summed E-state index contributed by atoms with van der Waals surface area (Å²) in [5, 5.41) is 8.37. The standard InChI is InChI=1S/C17H21BrN6O/c1-11(2)9-23-7-8-24(17(23)25)10-15-16(20-21-22(15)4)14-6-5-13(18)12(3)19-14/h5-8,11H,9-10H2,1-4H3. The van der Waals surface area contributed by atoms with Crippen LogP contribution in [0, 0.1) is 12.8 Å². The molecule has 0 aliphatic carbocycles. The van der Waals surface area contributed by atoms with Crippen molar-refractivity contribution in [3.63, 3.8) is 0 Å². The van der Waals surface area contributed by atoms with E-state index in [1.165, 1.54) is 0 Å². The highest BCUT2D eigenvalue weighted by Crippen LogP contribution is 2.23. The maximum absolute atomic E-state index is 12.5. The van der Waals surface area contributed by atoms with E-state index in [2.05, 4.69) is 45.1 Å². The van der Waals surface area contributed by atoms with Crippen molar-refractivity contribution < 1.29 is 0 Å². The van der Waals surface area contributed by atoms with E-state index < -0.39 is 0 Å². The number of nitrogens with zero attached hydrogens (tertiary/aromatic N) is 6. The van der Waals surface area contributed by atoms with Gasteiger partial charge in [-0.3, -0.25) is 14.1 Å². The second kappa shape index (κ2) is 6.95. The van der Waals surface area contributed by atoms with Crippen molar-refractivity contribution in [3.05, 3.63) is 50.9 Å². The van der Waals surface area contributed by atoms with Gasteiger partial charge in [-0.05, 0) is 40.9 Å². The molecular formula is C17H21BrN6O. The normalized spacial score (nSPS) is 11.4. The summed E-state index contributed by atoms with van der Waals surface area (Å²) in [5.74, 6) is 0.414. The van der Waals surface area contributed by atoms with Crippen LogP contribution in [0.4, 0.5) is 0 Å². The first-order chi connectivity index (χ1) is 11.9. The highest BCUT2D eigenvalue weighted by molar-refractivity contribution is 9.10. The van der Waals surface area contributed by atoms with Crippen LogP contribution in [0.3, 0.4) is 0 Å². The molecule has 0 amide bonds. The predicted octanol–water partition coefficient (Wildman–Crippen LogP) is 2.62. The molecule has 0 aliphatic heterocycles. The van der Waals surface area contributed by atoms with Crippen molar-refractivity contribution in [3.8, 4) is 11.4 Å². The van der Waals surface area contributed by atoms with Crippen molar-refractivity contribution >= 4 is 15.9 Å². The number of halogens is 1. The van der Waals surface area contributed by atoms with Crippen LogP contribution in [0.2, 0.25) is 0 Å². The molecule has 0 radical (unpaired) electrons. The largest absolute Gasteiger partial charge is 0.328 e. The molecule has 0 saturated carbocycles. The van der Waals surface area contributed by atoms with Crippen LogP contribution in [0.15, 0.2) is 33.8 Å². The summed E-state index contributed by atoms with van der Waals surface area (Å²) in [6.07, 6.45) is 3.63. The zero-order valence-corrected chi connectivity index (χ0v) is 16.4. The maximum Gasteiger partial charge on any atom is 0.328 e. The van der Waals surface area contributed by atoms with Gasteiger partial charge < -0.3 is 0 Å². The average Bonchev–Trinajstić information content (AvgIpc) is 3.08. The predicted molar refractivity (Wildman–Crippen MR) is 99.3 cm³/mol. The highest BCUT2D eigenvalue weighted by atomic mass is 79.9. The Morgan fingerprint density at radius 3 is 2.60 bits per heavy atom. The minimum absolute atomic E-state index is 0.0270. The first-order valence-corrected chi connectivity index (χ1v) is 8.93. The number of hydrogen-bond donors (Lipinski definition) is 0. The first kappa shape index (κ1) is 17.6. The molecule has 0 bridgehead atoms. The first-order valence-electron chi connectivity index (χ1n) is 8.14. The molecule has 7 nitrogen and oxygen atoms in total. The van der Waals surface area contributed by atoms with Crippen molar-refractivity contribution in [2.24, 2.45) is 13.0 Å². The van der Waals surface area contributed by atoms with Crippen LogP contribution in [-0.4, -0.2) is 29.1 Å². The molecule has 0 fully saturated rings. The second-order valence-corrected chi connectivity index (χ2v) is 7.38. The SMILES string of the molecule is Cc1nc(-c2nnn(C)c2Cn2ccn(CC(C)C)c2=O)ccc1Br. The van der Waals surface area contributed by atoms with Gasteiger partial charge in [0.1, 0.15) is 5.69 Å². The molecule has 0 aliphatic rings. The molecule has 0 N–H and O–H groups in total. The maximum atomic E-state index is 12.5. The van der Waals surface area contributed by atoms with Crippen molar-refractivity contribution in [2.75, 3.05) is 0 Å². The van der Waals surface area contributed by atoms with Crippen LogP contribution in [-0.2, 0) is 20.1 Å². The molecular weight excluding hydrogens is 384 g/mol. The van der Waals surface area contributed by atoms with Gasteiger partial charge in [-0.25, -0.2) is 9.48 Å². The van der Waals surface area contributed by atoms with E-state index in [1.54, 1.807) is 13.8 Å². The van der Waals surface area contributed by atoms with Gasteiger partial charge >= 0.3 is 5.69 Å². The molecule has 0 spiro atoms. The third kappa shape index (κ3) is 3.58. The summed E-state index contributed by atoms with van der Waals surface area (Å²) >= 11 is 3.46. The summed E-state index contributed by atoms with van der Waals surface area (Å²) < 4.78 is 6.05. The van der Waals surface area contributed by atoms with Gasteiger partial charge in [-0.15, -0.1) is 5.10 Å². The summed E-state index contributed by atoms with van der Waals surface area (Å²) in [7, 11) is 1.83. The van der Waals surface area contributed by atoms with Gasteiger partial charge in [0.15, 0.2) is 0 Å². The zero-order valence-electron chi connectivity index (χ0n) is 14.8. The van der Waals surface area contributed by atoms with Crippen LogP contribution in [0.25, 0.3) is 11.4 Å². The van der Waals surface area contributed by atoms with Crippen molar-refractivity contribution in [2.45, 2.75) is 33.9 Å². The number of imidazole rings is 1. The minimum atomic E-state index is -0.0270. The van der Waals surface area contributed by atoms with E-state index in [9.17, 15) is 4.79 Å². The Morgan fingerprint density at radius 2 is 1.92 bits per heavy atom. The van der Waals surface area contributed by atoms with Crippen LogP contribution < -0.4 is 5.69 Å². The van der Waals surface area contributed by atoms with E-state index >= 15 is 0 Å². The van der Waals surface area contributed by atoms with E-state index in [-0.39, 0.29) is 5.69 Å². The van der Waals surface area contributed by atoms with Crippen LogP contribution in [0.5, 0.6) is 0 Å². The zero-order chi connectivity index (χ0) is 18.1. The number of hydrogen-bond acceptors (Lipinski definition) is 4. The molecule has 8 heteroatoms.